The van der Waals surface area contributed by atoms with E-state index in [-0.39, 0.29) is 16.3 Å². The van der Waals surface area contributed by atoms with E-state index in [9.17, 15) is 8.42 Å². The fourth-order valence-corrected chi connectivity index (χ4v) is 2.12. The van der Waals surface area contributed by atoms with Crippen molar-refractivity contribution in [2.45, 2.75) is 4.90 Å². The van der Waals surface area contributed by atoms with E-state index >= 15 is 0 Å². The van der Waals surface area contributed by atoms with Crippen LogP contribution in [0.15, 0.2) is 47.4 Å². The molecule has 0 fully saturated rings. The number of hydrogen-bond acceptors (Lipinski definition) is 8. The maximum atomic E-state index is 11.3. The van der Waals surface area contributed by atoms with E-state index in [0.717, 1.165) is 6.07 Å². The van der Waals surface area contributed by atoms with Crippen LogP contribution in [0.3, 0.4) is 0 Å². The number of nitrogen functional groups attached to an aromatic ring is 2. The third-order valence-electron chi connectivity index (χ3n) is 2.35. The van der Waals surface area contributed by atoms with Gasteiger partial charge < -0.3 is 16.2 Å². The molecule has 0 spiro atoms. The van der Waals surface area contributed by atoms with E-state index in [0.29, 0.717) is 11.4 Å². The van der Waals surface area contributed by atoms with Crippen LogP contribution in [-0.2, 0) is 20.7 Å². The van der Waals surface area contributed by atoms with Gasteiger partial charge in [-0.05, 0) is 42.5 Å². The van der Waals surface area contributed by atoms with E-state index in [1.54, 1.807) is 24.3 Å². The van der Waals surface area contributed by atoms with Crippen molar-refractivity contribution in [1.29, 1.82) is 0 Å². The second-order valence-electron chi connectivity index (χ2n) is 4.06. The molecule has 2 rings (SSSR count). The van der Waals surface area contributed by atoms with Gasteiger partial charge in [0.1, 0.15) is 16.4 Å². The van der Waals surface area contributed by atoms with Crippen molar-refractivity contribution >= 4 is 32.1 Å². The summed E-state index contributed by atoms with van der Waals surface area (Å²) in [4.78, 5) is -0.385. The highest BCUT2D eigenvalue weighted by Gasteiger charge is 2.17. The van der Waals surface area contributed by atoms with E-state index in [4.69, 9.17) is 33.4 Å². The molecule has 0 aliphatic heterocycles. The molecule has 0 aliphatic rings. The van der Waals surface area contributed by atoms with Crippen LogP contribution in [0.4, 0.5) is 11.4 Å². The quantitative estimate of drug-likeness (QED) is 0.531. The summed E-state index contributed by atoms with van der Waals surface area (Å²) in [6.07, 6.45) is 0. The first kappa shape index (κ1) is 18.4. The van der Waals surface area contributed by atoms with E-state index < -0.39 is 20.7 Å². The van der Waals surface area contributed by atoms with Crippen molar-refractivity contribution < 1.29 is 30.3 Å². The van der Waals surface area contributed by atoms with Crippen LogP contribution in [0.2, 0.25) is 0 Å². The molecule has 2 aromatic carbocycles. The Morgan fingerprint density at radius 2 is 1.39 bits per heavy atom. The zero-order valence-corrected chi connectivity index (χ0v) is 13.0. The highest BCUT2D eigenvalue weighted by Crippen LogP contribution is 2.30. The average Bonchev–Trinajstić information content (AvgIpc) is 2.41. The van der Waals surface area contributed by atoms with Crippen molar-refractivity contribution in [3.8, 4) is 11.5 Å². The Morgan fingerprint density at radius 3 is 1.87 bits per heavy atom. The smallest absolute Gasteiger partial charge is 0.425 e. The fourth-order valence-electron chi connectivity index (χ4n) is 1.47. The summed E-state index contributed by atoms with van der Waals surface area (Å²) >= 11 is 0. The molecule has 124 valence electrons. The minimum atomic E-state index is -4.41. The molecular weight excluding hydrogens is 348 g/mol. The summed E-state index contributed by atoms with van der Waals surface area (Å²) in [6, 6.07) is 10.4. The van der Waals surface area contributed by atoms with Crippen molar-refractivity contribution in [3.63, 3.8) is 0 Å². The standard InChI is InChI=1S/C12H12N2O4S.O3S/c13-8-1-4-10(5-2-8)18-11-6-3-9(14)7-12(11)19(15,16)17;1-4(2)3/h1-7H,13-14H2,(H,15,16,17);. The van der Waals surface area contributed by atoms with Crippen LogP contribution in [0.5, 0.6) is 11.5 Å². The summed E-state index contributed by atoms with van der Waals surface area (Å²) in [5, 5.41) is 0. The summed E-state index contributed by atoms with van der Waals surface area (Å²) in [5.41, 5.74) is 11.8. The molecule has 5 N–H and O–H groups in total. The van der Waals surface area contributed by atoms with Crippen LogP contribution in [0.1, 0.15) is 0 Å². The number of ether oxygens (including phenoxy) is 1. The van der Waals surface area contributed by atoms with Gasteiger partial charge in [0.05, 0.1) is 0 Å². The normalized spacial score (nSPS) is 10.3. The summed E-state index contributed by atoms with van der Waals surface area (Å²) in [7, 11) is -7.53. The summed E-state index contributed by atoms with van der Waals surface area (Å²) in [6.45, 7) is 0. The van der Waals surface area contributed by atoms with Gasteiger partial charge in [-0.2, -0.15) is 8.42 Å². The minimum Gasteiger partial charge on any atom is -0.456 e. The summed E-state index contributed by atoms with van der Waals surface area (Å²) in [5.74, 6) is 0.380. The Morgan fingerprint density at radius 1 is 0.913 bits per heavy atom. The predicted molar refractivity (Wildman–Crippen MR) is 81.3 cm³/mol. The van der Waals surface area contributed by atoms with Crippen LogP contribution in [0.25, 0.3) is 0 Å². The predicted octanol–water partition coefficient (Wildman–Crippen LogP) is 0.886. The number of nitrogens with two attached hydrogens (primary N) is 2. The Balaban J connectivity index is 0.000000593. The molecule has 9 nitrogen and oxygen atoms in total. The lowest BCUT2D eigenvalue weighted by Gasteiger charge is -2.10. The second-order valence-corrected chi connectivity index (χ2v) is 5.85. The molecule has 0 unspecified atom stereocenters. The van der Waals surface area contributed by atoms with Gasteiger partial charge in [0, 0.05) is 11.4 Å². The zero-order valence-electron chi connectivity index (χ0n) is 11.4. The van der Waals surface area contributed by atoms with Gasteiger partial charge >= 0.3 is 10.6 Å². The van der Waals surface area contributed by atoms with Crippen LogP contribution in [0, 0.1) is 0 Å². The molecule has 0 aliphatic carbocycles. The molecule has 23 heavy (non-hydrogen) atoms. The second kappa shape index (κ2) is 7.58. The number of rotatable bonds is 3. The first-order chi connectivity index (χ1) is 10.6. The van der Waals surface area contributed by atoms with E-state index in [1.807, 2.05) is 0 Å². The number of anilines is 2. The maximum absolute atomic E-state index is 11.3. The Hall–Kier alpha value is -2.63. The molecule has 0 saturated carbocycles. The van der Waals surface area contributed by atoms with E-state index in [2.05, 4.69) is 0 Å². The zero-order chi connectivity index (χ0) is 17.6. The molecule has 2 aromatic rings. The Kier molecular flexibility index (Phi) is 6.07. The van der Waals surface area contributed by atoms with Gasteiger partial charge in [0.25, 0.3) is 10.1 Å². The number of benzene rings is 2. The topological polar surface area (TPSA) is 167 Å². The molecule has 0 atom stereocenters. The molecular formula is C12H12N2O7S2. The summed E-state index contributed by atoms with van der Waals surface area (Å²) < 4.78 is 62.4. The van der Waals surface area contributed by atoms with Gasteiger partial charge in [-0.15, -0.1) is 12.6 Å². The Bertz CT molecular complexity index is 885. The molecule has 0 heterocycles. The molecule has 0 radical (unpaired) electrons. The van der Waals surface area contributed by atoms with Crippen molar-refractivity contribution in [2.75, 3.05) is 11.5 Å². The number of hydrogen-bond donors (Lipinski definition) is 3. The molecule has 0 saturated heterocycles. The van der Waals surface area contributed by atoms with Crippen LogP contribution >= 0.6 is 0 Å². The lowest BCUT2D eigenvalue weighted by molar-refractivity contribution is 0.450. The molecule has 0 bridgehead atoms. The first-order valence-corrected chi connectivity index (χ1v) is 8.21. The third-order valence-corrected chi connectivity index (χ3v) is 3.23. The van der Waals surface area contributed by atoms with Crippen molar-refractivity contribution in [1.82, 2.24) is 0 Å². The molecule has 0 aromatic heterocycles. The Labute approximate surface area is 133 Å². The van der Waals surface area contributed by atoms with Gasteiger partial charge in [-0.1, -0.05) is 0 Å². The molecule has 11 heteroatoms. The average molecular weight is 360 g/mol. The van der Waals surface area contributed by atoms with Crippen molar-refractivity contribution in [2.24, 2.45) is 0 Å². The minimum absolute atomic E-state index is 0.0125. The van der Waals surface area contributed by atoms with Gasteiger partial charge in [0.15, 0.2) is 0 Å². The van der Waals surface area contributed by atoms with Gasteiger partial charge in [-0.25, -0.2) is 0 Å². The van der Waals surface area contributed by atoms with Crippen molar-refractivity contribution in [3.05, 3.63) is 42.5 Å². The highest BCUT2D eigenvalue weighted by atomic mass is 32.2. The fraction of sp³-hybridized carbons (Fsp3) is 0. The largest absolute Gasteiger partial charge is 0.456 e. The van der Waals surface area contributed by atoms with Crippen LogP contribution < -0.4 is 16.2 Å². The SMILES string of the molecule is Nc1ccc(Oc2ccc(N)cc2S(=O)(=O)O)cc1.O=S(=O)=O. The lowest BCUT2D eigenvalue weighted by Crippen LogP contribution is -2.02. The molecule has 0 amide bonds. The van der Waals surface area contributed by atoms with Crippen LogP contribution in [-0.4, -0.2) is 25.6 Å². The van der Waals surface area contributed by atoms with Gasteiger partial charge in [-0.3, -0.25) is 4.55 Å². The lowest BCUT2D eigenvalue weighted by atomic mass is 10.3. The third kappa shape index (κ3) is 6.34. The monoisotopic (exact) mass is 360 g/mol. The first-order valence-electron chi connectivity index (χ1n) is 5.77. The van der Waals surface area contributed by atoms with E-state index in [1.165, 1.54) is 12.1 Å². The maximum Gasteiger partial charge on any atom is 0.425 e. The highest BCUT2D eigenvalue weighted by molar-refractivity contribution is 7.86. The van der Waals surface area contributed by atoms with Gasteiger partial charge in [0.2, 0.25) is 0 Å².